The number of hydrogen-bond acceptors (Lipinski definition) is 3. The third-order valence-electron chi connectivity index (χ3n) is 4.47. The number of Topliss-reactive ketones (excluding diaryl/α,β-unsaturated/α-hetero) is 1. The fourth-order valence-corrected chi connectivity index (χ4v) is 3.24. The molecule has 0 radical (unpaired) electrons. The van der Waals surface area contributed by atoms with Gasteiger partial charge in [0.15, 0.2) is 5.78 Å². The SMILES string of the molecule is Cc1c(C2=CC(=O)c3ncccc3C2=O)c2ccccc2n1C. The van der Waals surface area contributed by atoms with Gasteiger partial charge in [0.2, 0.25) is 5.78 Å². The lowest BCUT2D eigenvalue weighted by Gasteiger charge is -2.14. The smallest absolute Gasteiger partial charge is 0.205 e. The molecule has 0 fully saturated rings. The number of rotatable bonds is 1. The molecular formula is C19H14N2O2. The van der Waals surface area contributed by atoms with Crippen LogP contribution in [0.1, 0.15) is 32.1 Å². The molecule has 112 valence electrons. The normalized spacial score (nSPS) is 14.1. The zero-order chi connectivity index (χ0) is 16.1. The maximum Gasteiger partial charge on any atom is 0.205 e. The van der Waals surface area contributed by atoms with Gasteiger partial charge in [-0.3, -0.25) is 14.6 Å². The molecule has 0 amide bonds. The van der Waals surface area contributed by atoms with Crippen LogP contribution >= 0.6 is 0 Å². The number of benzene rings is 1. The standard InChI is InChI=1S/C19H14N2O2/c1-11-17(12-6-3-4-8-15(12)21(11)2)14-10-16(22)18-13(19(14)23)7-5-9-20-18/h3-10H,1-2H3. The molecule has 1 aliphatic rings. The molecule has 23 heavy (non-hydrogen) atoms. The van der Waals surface area contributed by atoms with Crippen molar-refractivity contribution in [3.8, 4) is 0 Å². The summed E-state index contributed by atoms with van der Waals surface area (Å²) in [5.74, 6) is -0.366. The van der Waals surface area contributed by atoms with Crippen LogP contribution in [-0.2, 0) is 7.05 Å². The second-order valence-corrected chi connectivity index (χ2v) is 5.69. The maximum atomic E-state index is 12.9. The molecule has 1 aliphatic carbocycles. The summed E-state index contributed by atoms with van der Waals surface area (Å²) in [5.41, 5.74) is 3.89. The Hall–Kier alpha value is -3.01. The highest BCUT2D eigenvalue weighted by atomic mass is 16.1. The number of allylic oxidation sites excluding steroid dienone is 2. The lowest BCUT2D eigenvalue weighted by Crippen LogP contribution is -2.18. The van der Waals surface area contributed by atoms with Gasteiger partial charge in [-0.25, -0.2) is 0 Å². The zero-order valence-electron chi connectivity index (χ0n) is 12.8. The van der Waals surface area contributed by atoms with E-state index in [1.54, 1.807) is 12.1 Å². The number of hydrogen-bond donors (Lipinski definition) is 0. The Morgan fingerprint density at radius 3 is 2.65 bits per heavy atom. The third-order valence-corrected chi connectivity index (χ3v) is 4.47. The number of pyridine rings is 1. The van der Waals surface area contributed by atoms with Crippen molar-refractivity contribution in [2.24, 2.45) is 7.05 Å². The molecule has 0 spiro atoms. The van der Waals surface area contributed by atoms with Crippen molar-refractivity contribution in [1.82, 2.24) is 9.55 Å². The van der Waals surface area contributed by atoms with Crippen molar-refractivity contribution in [3.63, 3.8) is 0 Å². The molecule has 1 aromatic carbocycles. The lowest BCUT2D eigenvalue weighted by molar-refractivity contribution is 0.0997. The molecule has 4 rings (SSSR count). The van der Waals surface area contributed by atoms with Crippen molar-refractivity contribution in [2.75, 3.05) is 0 Å². The first kappa shape index (κ1) is 13.6. The summed E-state index contributed by atoms with van der Waals surface area (Å²) < 4.78 is 2.04. The molecule has 0 saturated heterocycles. The van der Waals surface area contributed by atoms with Crippen LogP contribution in [-0.4, -0.2) is 21.1 Å². The van der Waals surface area contributed by atoms with Crippen LogP contribution in [0.2, 0.25) is 0 Å². The second-order valence-electron chi connectivity index (χ2n) is 5.69. The minimum atomic E-state index is -0.220. The summed E-state index contributed by atoms with van der Waals surface area (Å²) in [6, 6.07) is 11.2. The molecule has 3 aromatic rings. The van der Waals surface area contributed by atoms with Gasteiger partial charge in [-0.15, -0.1) is 0 Å². The minimum absolute atomic E-state index is 0.146. The molecule has 2 heterocycles. The van der Waals surface area contributed by atoms with Crippen molar-refractivity contribution >= 4 is 28.0 Å². The average Bonchev–Trinajstić information content (AvgIpc) is 2.83. The molecule has 0 atom stereocenters. The minimum Gasteiger partial charge on any atom is -0.347 e. The van der Waals surface area contributed by atoms with Gasteiger partial charge in [0.1, 0.15) is 5.69 Å². The van der Waals surface area contributed by atoms with Gasteiger partial charge in [-0.1, -0.05) is 18.2 Å². The van der Waals surface area contributed by atoms with E-state index in [-0.39, 0.29) is 17.3 Å². The molecule has 0 bridgehead atoms. The molecule has 0 aliphatic heterocycles. The Bertz CT molecular complexity index is 1030. The average molecular weight is 302 g/mol. The Labute approximate surface area is 133 Å². The van der Waals surface area contributed by atoms with Crippen LogP contribution in [0.3, 0.4) is 0 Å². The third kappa shape index (κ3) is 1.81. The Morgan fingerprint density at radius 1 is 1.04 bits per heavy atom. The summed E-state index contributed by atoms with van der Waals surface area (Å²) >= 11 is 0. The van der Waals surface area contributed by atoms with Gasteiger partial charge >= 0.3 is 0 Å². The lowest BCUT2D eigenvalue weighted by atomic mass is 9.88. The quantitative estimate of drug-likeness (QED) is 0.692. The van der Waals surface area contributed by atoms with Crippen LogP contribution in [0.15, 0.2) is 48.7 Å². The first-order valence-electron chi connectivity index (χ1n) is 7.39. The van der Waals surface area contributed by atoms with Gasteiger partial charge in [-0.05, 0) is 31.2 Å². The first-order valence-corrected chi connectivity index (χ1v) is 7.39. The Kier molecular flexibility index (Phi) is 2.81. The summed E-state index contributed by atoms with van der Waals surface area (Å²) in [6.45, 7) is 1.96. The number of fused-ring (bicyclic) bond motifs is 2. The predicted octanol–water partition coefficient (Wildman–Crippen LogP) is 3.34. The second kappa shape index (κ2) is 4.74. The first-order chi connectivity index (χ1) is 11.1. The van der Waals surface area contributed by atoms with Crippen molar-refractivity contribution < 1.29 is 9.59 Å². The van der Waals surface area contributed by atoms with E-state index in [9.17, 15) is 9.59 Å². The van der Waals surface area contributed by atoms with Gasteiger partial charge in [-0.2, -0.15) is 0 Å². The molecule has 0 saturated carbocycles. The van der Waals surface area contributed by atoms with Crippen molar-refractivity contribution in [3.05, 3.63) is 71.2 Å². The number of carbonyl (C=O) groups is 2. The largest absolute Gasteiger partial charge is 0.347 e. The van der Waals surface area contributed by atoms with E-state index in [1.165, 1.54) is 12.3 Å². The van der Waals surface area contributed by atoms with Crippen LogP contribution in [0.5, 0.6) is 0 Å². The summed E-state index contributed by atoms with van der Waals surface area (Å²) in [4.78, 5) is 29.3. The van der Waals surface area contributed by atoms with E-state index in [0.717, 1.165) is 22.2 Å². The molecule has 0 unspecified atom stereocenters. The molecule has 2 aromatic heterocycles. The van der Waals surface area contributed by atoms with Gasteiger partial charge in [0.05, 0.1) is 5.56 Å². The molecule has 4 heteroatoms. The summed E-state index contributed by atoms with van der Waals surface area (Å²) in [5, 5.41) is 0.979. The number of aryl methyl sites for hydroxylation is 1. The van der Waals surface area contributed by atoms with E-state index in [1.807, 2.05) is 42.8 Å². The predicted molar refractivity (Wildman–Crippen MR) is 88.5 cm³/mol. The molecule has 0 N–H and O–H groups in total. The highest BCUT2D eigenvalue weighted by Gasteiger charge is 2.30. The number of nitrogens with zero attached hydrogens (tertiary/aromatic N) is 2. The van der Waals surface area contributed by atoms with Crippen molar-refractivity contribution in [2.45, 2.75) is 6.92 Å². The number of para-hydroxylation sites is 1. The highest BCUT2D eigenvalue weighted by Crippen LogP contribution is 2.35. The number of carbonyl (C=O) groups excluding carboxylic acids is 2. The van der Waals surface area contributed by atoms with E-state index >= 15 is 0 Å². The molecule has 4 nitrogen and oxygen atoms in total. The van der Waals surface area contributed by atoms with E-state index < -0.39 is 0 Å². The Morgan fingerprint density at radius 2 is 1.83 bits per heavy atom. The fraction of sp³-hybridized carbons (Fsp3) is 0.105. The van der Waals surface area contributed by atoms with E-state index in [4.69, 9.17) is 0 Å². The van der Waals surface area contributed by atoms with Crippen LogP contribution in [0.25, 0.3) is 16.5 Å². The van der Waals surface area contributed by atoms with Crippen molar-refractivity contribution in [1.29, 1.82) is 0 Å². The number of aromatic nitrogens is 2. The van der Waals surface area contributed by atoms with Gasteiger partial charge in [0, 0.05) is 41.0 Å². The highest BCUT2D eigenvalue weighted by molar-refractivity contribution is 6.39. The topological polar surface area (TPSA) is 52.0 Å². The fourth-order valence-electron chi connectivity index (χ4n) is 3.24. The van der Waals surface area contributed by atoms with Crippen LogP contribution in [0, 0.1) is 6.92 Å². The molecular weight excluding hydrogens is 288 g/mol. The monoisotopic (exact) mass is 302 g/mol. The number of ketones is 2. The zero-order valence-corrected chi connectivity index (χ0v) is 12.8. The summed E-state index contributed by atoms with van der Waals surface area (Å²) in [6.07, 6.45) is 2.96. The Balaban J connectivity index is 2.02. The van der Waals surface area contributed by atoms with E-state index in [0.29, 0.717) is 11.1 Å². The van der Waals surface area contributed by atoms with Gasteiger partial charge in [0.25, 0.3) is 0 Å². The van der Waals surface area contributed by atoms with Gasteiger partial charge < -0.3 is 4.57 Å². The van der Waals surface area contributed by atoms with Crippen LogP contribution in [0.4, 0.5) is 0 Å². The maximum absolute atomic E-state index is 12.9. The summed E-state index contributed by atoms with van der Waals surface area (Å²) in [7, 11) is 1.96. The van der Waals surface area contributed by atoms with Crippen LogP contribution < -0.4 is 0 Å². The van der Waals surface area contributed by atoms with E-state index in [2.05, 4.69) is 4.98 Å².